The average molecular weight is 445 g/mol. The molecule has 7 heteroatoms. The minimum atomic E-state index is -0.476. The minimum absolute atomic E-state index is 0.157. The minimum Gasteiger partial charge on any atom is -0.444 e. The largest absolute Gasteiger partial charge is 0.444 e. The van der Waals surface area contributed by atoms with Crippen molar-refractivity contribution >= 4 is 12.0 Å². The summed E-state index contributed by atoms with van der Waals surface area (Å²) in [6.07, 6.45) is 8.36. The third kappa shape index (κ3) is 5.66. The van der Waals surface area contributed by atoms with E-state index in [-0.39, 0.29) is 18.0 Å². The molecule has 3 saturated heterocycles. The fourth-order valence-electron chi connectivity index (χ4n) is 5.36. The number of amides is 2. The van der Waals surface area contributed by atoms with Crippen molar-refractivity contribution in [3.05, 3.63) is 24.0 Å². The third-order valence-electron chi connectivity index (χ3n) is 7.12. The number of ether oxygens (including phenoxy) is 1. The van der Waals surface area contributed by atoms with E-state index in [9.17, 15) is 9.59 Å². The van der Waals surface area contributed by atoms with Crippen molar-refractivity contribution in [2.24, 2.45) is 5.92 Å². The van der Waals surface area contributed by atoms with Crippen LogP contribution in [0.3, 0.4) is 0 Å². The van der Waals surface area contributed by atoms with E-state index in [4.69, 9.17) is 4.74 Å². The topological polar surface area (TPSA) is 58.0 Å². The lowest BCUT2D eigenvalue weighted by molar-refractivity contribution is 0.0186. The van der Waals surface area contributed by atoms with Crippen LogP contribution in [0.25, 0.3) is 0 Å². The molecule has 0 bridgehead atoms. The molecule has 4 rings (SSSR count). The van der Waals surface area contributed by atoms with Gasteiger partial charge in [-0.2, -0.15) is 0 Å². The Labute approximate surface area is 192 Å². The monoisotopic (exact) mass is 444 g/mol. The van der Waals surface area contributed by atoms with Crippen molar-refractivity contribution in [3.63, 3.8) is 0 Å². The van der Waals surface area contributed by atoms with Crippen molar-refractivity contribution in [1.82, 2.24) is 19.3 Å². The third-order valence-corrected chi connectivity index (χ3v) is 7.12. The van der Waals surface area contributed by atoms with E-state index in [1.807, 2.05) is 44.0 Å². The SMILES string of the molecule is CC(C)(C)OC(=O)N1CCC(n2cccc2C(=O)N2CCC(CN3CCCC3)CC2)CC1. The molecule has 32 heavy (non-hydrogen) atoms. The van der Waals surface area contributed by atoms with E-state index in [1.165, 1.54) is 32.5 Å². The van der Waals surface area contributed by atoms with Gasteiger partial charge in [-0.15, -0.1) is 0 Å². The fourth-order valence-corrected chi connectivity index (χ4v) is 5.36. The van der Waals surface area contributed by atoms with Crippen LogP contribution in [0.15, 0.2) is 18.3 Å². The van der Waals surface area contributed by atoms with Gasteiger partial charge in [-0.3, -0.25) is 4.79 Å². The molecule has 0 spiro atoms. The molecule has 2 amide bonds. The summed E-state index contributed by atoms with van der Waals surface area (Å²) in [7, 11) is 0. The highest BCUT2D eigenvalue weighted by molar-refractivity contribution is 5.93. The van der Waals surface area contributed by atoms with E-state index in [0.29, 0.717) is 13.1 Å². The molecule has 0 radical (unpaired) electrons. The number of carbonyl (C=O) groups excluding carboxylic acids is 2. The van der Waals surface area contributed by atoms with Crippen LogP contribution < -0.4 is 0 Å². The lowest BCUT2D eigenvalue weighted by atomic mass is 9.96. The van der Waals surface area contributed by atoms with Gasteiger partial charge in [0.25, 0.3) is 5.91 Å². The second-order valence-electron chi connectivity index (χ2n) is 10.7. The van der Waals surface area contributed by atoms with Crippen LogP contribution in [-0.4, -0.2) is 82.7 Å². The van der Waals surface area contributed by atoms with E-state index in [0.717, 1.165) is 50.4 Å². The number of nitrogens with zero attached hydrogens (tertiary/aromatic N) is 4. The summed E-state index contributed by atoms with van der Waals surface area (Å²) in [6, 6.07) is 4.18. The quantitative estimate of drug-likeness (QED) is 0.704. The standard InChI is InChI=1S/C25H40N4O3/c1-25(2,3)32-24(31)28-17-10-21(11-18-28)29-14-6-7-22(29)23(30)27-15-8-20(9-16-27)19-26-12-4-5-13-26/h6-7,14,20-21H,4-5,8-13,15-19H2,1-3H3. The van der Waals surface area contributed by atoms with Gasteiger partial charge < -0.3 is 24.0 Å². The Hall–Kier alpha value is -2.02. The first-order chi connectivity index (χ1) is 15.3. The van der Waals surface area contributed by atoms with Gasteiger partial charge in [0.2, 0.25) is 0 Å². The molecule has 0 aliphatic carbocycles. The summed E-state index contributed by atoms with van der Waals surface area (Å²) in [5.74, 6) is 0.880. The van der Waals surface area contributed by atoms with Crippen LogP contribution >= 0.6 is 0 Å². The first-order valence-electron chi connectivity index (χ1n) is 12.5. The zero-order valence-electron chi connectivity index (χ0n) is 20.1. The van der Waals surface area contributed by atoms with Crippen molar-refractivity contribution in [2.45, 2.75) is 70.9 Å². The Morgan fingerprint density at radius 3 is 2.19 bits per heavy atom. The molecule has 1 aromatic heterocycles. The average Bonchev–Trinajstić information content (AvgIpc) is 3.45. The molecule has 0 aromatic carbocycles. The van der Waals surface area contributed by atoms with Crippen LogP contribution in [0.1, 0.15) is 75.8 Å². The normalized spacial score (nSPS) is 21.8. The molecule has 3 aliphatic heterocycles. The second-order valence-corrected chi connectivity index (χ2v) is 10.7. The summed E-state index contributed by atoms with van der Waals surface area (Å²) < 4.78 is 7.66. The highest BCUT2D eigenvalue weighted by Gasteiger charge is 2.31. The van der Waals surface area contributed by atoms with Gasteiger partial charge in [0.15, 0.2) is 0 Å². The Morgan fingerprint density at radius 2 is 1.56 bits per heavy atom. The molecular weight excluding hydrogens is 404 g/mol. The Balaban J connectivity index is 1.29. The van der Waals surface area contributed by atoms with Gasteiger partial charge in [0.05, 0.1) is 0 Å². The predicted molar refractivity (Wildman–Crippen MR) is 125 cm³/mol. The highest BCUT2D eigenvalue weighted by atomic mass is 16.6. The maximum atomic E-state index is 13.3. The number of rotatable bonds is 4. The molecule has 3 aliphatic rings. The molecule has 1 aromatic rings. The Bertz CT molecular complexity index is 777. The molecule has 178 valence electrons. The van der Waals surface area contributed by atoms with Crippen LogP contribution in [0, 0.1) is 5.92 Å². The van der Waals surface area contributed by atoms with Crippen molar-refractivity contribution in [3.8, 4) is 0 Å². The highest BCUT2D eigenvalue weighted by Crippen LogP contribution is 2.27. The molecule has 0 N–H and O–H groups in total. The zero-order valence-corrected chi connectivity index (χ0v) is 20.1. The number of hydrogen-bond acceptors (Lipinski definition) is 4. The second kappa shape index (κ2) is 9.86. The predicted octanol–water partition coefficient (Wildman–Crippen LogP) is 4.01. The molecule has 7 nitrogen and oxygen atoms in total. The van der Waals surface area contributed by atoms with Crippen molar-refractivity contribution in [1.29, 1.82) is 0 Å². The Kier molecular flexibility index (Phi) is 7.13. The van der Waals surface area contributed by atoms with E-state index in [2.05, 4.69) is 9.47 Å². The molecule has 0 unspecified atom stereocenters. The van der Waals surface area contributed by atoms with E-state index < -0.39 is 5.60 Å². The van der Waals surface area contributed by atoms with Gasteiger partial charge in [0.1, 0.15) is 11.3 Å². The van der Waals surface area contributed by atoms with Crippen LogP contribution in [-0.2, 0) is 4.74 Å². The van der Waals surface area contributed by atoms with Crippen LogP contribution in [0.5, 0.6) is 0 Å². The summed E-state index contributed by atoms with van der Waals surface area (Å²) >= 11 is 0. The van der Waals surface area contributed by atoms with Gasteiger partial charge in [-0.25, -0.2) is 4.79 Å². The van der Waals surface area contributed by atoms with Crippen LogP contribution in [0.2, 0.25) is 0 Å². The number of piperidine rings is 2. The summed E-state index contributed by atoms with van der Waals surface area (Å²) in [5.41, 5.74) is 0.314. The maximum absolute atomic E-state index is 13.3. The molecule has 3 fully saturated rings. The molecule has 0 atom stereocenters. The first kappa shape index (κ1) is 23.1. The van der Waals surface area contributed by atoms with E-state index in [1.54, 1.807) is 4.90 Å². The Morgan fingerprint density at radius 1 is 0.938 bits per heavy atom. The number of likely N-dealkylation sites (tertiary alicyclic amines) is 3. The fraction of sp³-hybridized carbons (Fsp3) is 0.760. The summed E-state index contributed by atoms with van der Waals surface area (Å²) in [4.78, 5) is 32.1. The van der Waals surface area contributed by atoms with E-state index >= 15 is 0 Å². The summed E-state index contributed by atoms with van der Waals surface area (Å²) in [6.45, 7) is 12.4. The van der Waals surface area contributed by atoms with Crippen molar-refractivity contribution < 1.29 is 14.3 Å². The lowest BCUT2D eigenvalue weighted by Crippen LogP contribution is -2.43. The number of carbonyl (C=O) groups is 2. The molecular formula is C25H40N4O3. The molecule has 4 heterocycles. The first-order valence-corrected chi connectivity index (χ1v) is 12.5. The molecule has 0 saturated carbocycles. The lowest BCUT2D eigenvalue weighted by Gasteiger charge is -2.36. The summed E-state index contributed by atoms with van der Waals surface area (Å²) in [5, 5.41) is 0. The van der Waals surface area contributed by atoms with Crippen LogP contribution in [0.4, 0.5) is 4.79 Å². The smallest absolute Gasteiger partial charge is 0.410 e. The number of aromatic nitrogens is 1. The van der Waals surface area contributed by atoms with Gasteiger partial charge >= 0.3 is 6.09 Å². The van der Waals surface area contributed by atoms with Crippen molar-refractivity contribution in [2.75, 3.05) is 45.8 Å². The number of hydrogen-bond donors (Lipinski definition) is 0. The van der Waals surface area contributed by atoms with Gasteiger partial charge in [-0.1, -0.05) is 0 Å². The maximum Gasteiger partial charge on any atom is 0.410 e. The van der Waals surface area contributed by atoms with Gasteiger partial charge in [-0.05, 0) is 90.4 Å². The van der Waals surface area contributed by atoms with Gasteiger partial charge in [0, 0.05) is 45.0 Å². The zero-order chi connectivity index (χ0) is 22.7.